The predicted octanol–water partition coefficient (Wildman–Crippen LogP) is 2.88. The number of aliphatic hydroxyl groups excluding tert-OH is 1. The highest BCUT2D eigenvalue weighted by Crippen LogP contribution is 2.54. The zero-order valence-corrected chi connectivity index (χ0v) is 9.80. The van der Waals surface area contributed by atoms with Crippen LogP contribution in [0.4, 0.5) is 0 Å². The molecular weight excluding hydrogens is 164 g/mol. The smallest absolute Gasteiger partial charge is 0.0568 e. The number of rotatable bonds is 4. The van der Waals surface area contributed by atoms with Crippen molar-refractivity contribution in [3.05, 3.63) is 0 Å². The molecule has 3 atom stereocenters. The van der Waals surface area contributed by atoms with Crippen LogP contribution in [0.25, 0.3) is 0 Å². The summed E-state index contributed by atoms with van der Waals surface area (Å²) in [5.74, 6) is 0.664. The molecule has 0 aromatic heterocycles. The summed E-state index contributed by atoms with van der Waals surface area (Å²) in [4.78, 5) is 0. The molecule has 0 spiro atoms. The van der Waals surface area contributed by atoms with E-state index in [0.29, 0.717) is 5.92 Å². The minimum absolute atomic E-state index is 0.00623. The first-order valence-electron chi connectivity index (χ1n) is 5.15. The molecule has 1 saturated carbocycles. The van der Waals surface area contributed by atoms with Gasteiger partial charge in [-0.05, 0) is 24.3 Å². The van der Waals surface area contributed by atoms with E-state index < -0.39 is 8.07 Å². The Morgan fingerprint density at radius 3 is 2.33 bits per heavy atom. The SMILES string of the molecule is CCC[C@@H](O)[C@@H]1C[C@H]1[Si](C)(C)C. The Morgan fingerprint density at radius 2 is 2.00 bits per heavy atom. The van der Waals surface area contributed by atoms with Crippen molar-refractivity contribution in [1.82, 2.24) is 0 Å². The first-order chi connectivity index (χ1) is 5.46. The lowest BCUT2D eigenvalue weighted by Gasteiger charge is -2.17. The van der Waals surface area contributed by atoms with Gasteiger partial charge >= 0.3 is 0 Å². The summed E-state index contributed by atoms with van der Waals surface area (Å²) >= 11 is 0. The Balaban J connectivity index is 2.32. The van der Waals surface area contributed by atoms with Gasteiger partial charge < -0.3 is 5.11 Å². The first kappa shape index (κ1) is 10.3. The van der Waals surface area contributed by atoms with Gasteiger partial charge in [-0.3, -0.25) is 0 Å². The van der Waals surface area contributed by atoms with Crippen LogP contribution in [0.3, 0.4) is 0 Å². The standard InChI is InChI=1S/C10H22OSi/c1-5-6-9(11)8-7-10(8)12(2,3)4/h8-11H,5-7H2,1-4H3/t8-,9+,10+/m0/s1. The summed E-state index contributed by atoms with van der Waals surface area (Å²) in [6, 6.07) is 0. The summed E-state index contributed by atoms with van der Waals surface area (Å²) in [5.41, 5.74) is 0.902. The molecule has 0 heterocycles. The summed E-state index contributed by atoms with van der Waals surface area (Å²) in [6.07, 6.45) is 3.44. The molecule has 1 aliphatic rings. The Morgan fingerprint density at radius 1 is 1.42 bits per heavy atom. The van der Waals surface area contributed by atoms with E-state index in [2.05, 4.69) is 26.6 Å². The lowest BCUT2D eigenvalue weighted by atomic mass is 10.1. The monoisotopic (exact) mass is 186 g/mol. The van der Waals surface area contributed by atoms with Gasteiger partial charge in [0.15, 0.2) is 0 Å². The number of hydrogen-bond acceptors (Lipinski definition) is 1. The maximum absolute atomic E-state index is 9.74. The van der Waals surface area contributed by atoms with Crippen molar-refractivity contribution in [2.75, 3.05) is 0 Å². The molecule has 1 N–H and O–H groups in total. The summed E-state index contributed by atoms with van der Waals surface area (Å²) < 4.78 is 0. The van der Waals surface area contributed by atoms with E-state index in [9.17, 15) is 5.11 Å². The quantitative estimate of drug-likeness (QED) is 0.669. The van der Waals surface area contributed by atoms with Crippen LogP contribution in [0.1, 0.15) is 26.2 Å². The molecule has 0 aromatic carbocycles. The van der Waals surface area contributed by atoms with Crippen LogP contribution in [0.15, 0.2) is 0 Å². The highest BCUT2D eigenvalue weighted by molar-refractivity contribution is 6.78. The van der Waals surface area contributed by atoms with E-state index in [1.807, 2.05) is 0 Å². The van der Waals surface area contributed by atoms with Crippen molar-refractivity contribution < 1.29 is 5.11 Å². The maximum atomic E-state index is 9.74. The molecule has 2 heteroatoms. The van der Waals surface area contributed by atoms with Crippen LogP contribution >= 0.6 is 0 Å². The summed E-state index contributed by atoms with van der Waals surface area (Å²) in [6.45, 7) is 9.39. The fraction of sp³-hybridized carbons (Fsp3) is 1.00. The third-order valence-electron chi connectivity index (χ3n) is 3.03. The molecular formula is C10H22OSi. The van der Waals surface area contributed by atoms with Crippen LogP contribution in [-0.2, 0) is 0 Å². The highest BCUT2D eigenvalue weighted by atomic mass is 28.3. The fourth-order valence-corrected chi connectivity index (χ4v) is 4.63. The van der Waals surface area contributed by atoms with Crippen molar-refractivity contribution in [1.29, 1.82) is 0 Å². The third-order valence-corrected chi connectivity index (χ3v) is 5.92. The maximum Gasteiger partial charge on any atom is 0.0568 e. The molecule has 12 heavy (non-hydrogen) atoms. The van der Waals surface area contributed by atoms with E-state index in [1.54, 1.807) is 0 Å². The number of hydrogen-bond donors (Lipinski definition) is 1. The van der Waals surface area contributed by atoms with Gasteiger partial charge in [0.2, 0.25) is 0 Å². The summed E-state index contributed by atoms with van der Waals surface area (Å²) in [7, 11) is -0.938. The molecule has 1 rings (SSSR count). The predicted molar refractivity (Wildman–Crippen MR) is 56.1 cm³/mol. The van der Waals surface area contributed by atoms with Crippen LogP contribution in [0.2, 0.25) is 25.2 Å². The molecule has 0 unspecified atom stereocenters. The minimum Gasteiger partial charge on any atom is -0.393 e. The van der Waals surface area contributed by atoms with E-state index in [-0.39, 0.29) is 6.10 Å². The Labute approximate surface area is 77.2 Å². The van der Waals surface area contributed by atoms with E-state index >= 15 is 0 Å². The van der Waals surface area contributed by atoms with Gasteiger partial charge in [0.05, 0.1) is 6.10 Å². The molecule has 0 saturated heterocycles. The van der Waals surface area contributed by atoms with Gasteiger partial charge in [0.1, 0.15) is 0 Å². The van der Waals surface area contributed by atoms with Gasteiger partial charge in [-0.2, -0.15) is 0 Å². The summed E-state index contributed by atoms with van der Waals surface area (Å²) in [5, 5.41) is 9.74. The van der Waals surface area contributed by atoms with Crippen LogP contribution in [-0.4, -0.2) is 19.3 Å². The lowest BCUT2D eigenvalue weighted by molar-refractivity contribution is 0.140. The Bertz CT molecular complexity index is 150. The molecule has 1 fully saturated rings. The van der Waals surface area contributed by atoms with E-state index in [1.165, 1.54) is 6.42 Å². The Hall–Kier alpha value is 0.177. The molecule has 0 aromatic rings. The highest BCUT2D eigenvalue weighted by Gasteiger charge is 2.48. The molecule has 0 amide bonds. The second kappa shape index (κ2) is 3.50. The normalized spacial score (nSPS) is 31.8. The average molecular weight is 186 g/mol. The van der Waals surface area contributed by atoms with Crippen LogP contribution < -0.4 is 0 Å². The van der Waals surface area contributed by atoms with Crippen molar-refractivity contribution in [3.8, 4) is 0 Å². The second-order valence-electron chi connectivity index (χ2n) is 5.23. The Kier molecular flexibility index (Phi) is 3.00. The first-order valence-corrected chi connectivity index (χ1v) is 8.72. The fourth-order valence-electron chi connectivity index (χ4n) is 2.15. The lowest BCUT2D eigenvalue weighted by Crippen LogP contribution is -2.23. The van der Waals surface area contributed by atoms with Gasteiger partial charge in [-0.1, -0.05) is 33.0 Å². The molecule has 1 nitrogen and oxygen atoms in total. The molecule has 72 valence electrons. The third kappa shape index (κ3) is 2.33. The van der Waals surface area contributed by atoms with E-state index in [0.717, 1.165) is 18.4 Å². The molecule has 0 aliphatic heterocycles. The van der Waals surface area contributed by atoms with Crippen molar-refractivity contribution in [3.63, 3.8) is 0 Å². The second-order valence-corrected chi connectivity index (χ2v) is 10.7. The van der Waals surface area contributed by atoms with Crippen LogP contribution in [0.5, 0.6) is 0 Å². The van der Waals surface area contributed by atoms with E-state index in [4.69, 9.17) is 0 Å². The van der Waals surface area contributed by atoms with Gasteiger partial charge in [-0.15, -0.1) is 0 Å². The van der Waals surface area contributed by atoms with Crippen molar-refractivity contribution >= 4 is 8.07 Å². The topological polar surface area (TPSA) is 20.2 Å². The average Bonchev–Trinajstić information content (AvgIpc) is 2.62. The largest absolute Gasteiger partial charge is 0.393 e. The molecule has 0 radical (unpaired) electrons. The minimum atomic E-state index is -0.938. The van der Waals surface area contributed by atoms with Gasteiger partial charge in [0.25, 0.3) is 0 Å². The van der Waals surface area contributed by atoms with Gasteiger partial charge in [-0.25, -0.2) is 0 Å². The van der Waals surface area contributed by atoms with Crippen molar-refractivity contribution in [2.45, 2.75) is 57.5 Å². The zero-order valence-electron chi connectivity index (χ0n) is 8.80. The van der Waals surface area contributed by atoms with Gasteiger partial charge in [0, 0.05) is 8.07 Å². The molecule has 1 aliphatic carbocycles. The van der Waals surface area contributed by atoms with Crippen molar-refractivity contribution in [2.24, 2.45) is 5.92 Å². The zero-order chi connectivity index (χ0) is 9.35. The molecule has 0 bridgehead atoms. The van der Waals surface area contributed by atoms with Crippen LogP contribution in [0, 0.1) is 5.92 Å². The number of aliphatic hydroxyl groups is 1.